The third-order valence-electron chi connectivity index (χ3n) is 3.18. The first-order valence-electron chi connectivity index (χ1n) is 6.31. The zero-order chi connectivity index (χ0) is 15.0. The van der Waals surface area contributed by atoms with Crippen LogP contribution in [0.3, 0.4) is 0 Å². The van der Waals surface area contributed by atoms with E-state index in [4.69, 9.17) is 21.7 Å². The first-order chi connectivity index (χ1) is 10.1. The van der Waals surface area contributed by atoms with Gasteiger partial charge in [0.05, 0.1) is 0 Å². The Bertz CT molecular complexity index is 684. The van der Waals surface area contributed by atoms with Gasteiger partial charge in [0.15, 0.2) is 16.6 Å². The molecule has 1 saturated heterocycles. The second-order valence-electron chi connectivity index (χ2n) is 4.58. The molecule has 108 valence electrons. The first kappa shape index (κ1) is 13.6. The van der Waals surface area contributed by atoms with Crippen LogP contribution < -0.4 is 14.8 Å². The maximum absolute atomic E-state index is 12.1. The fourth-order valence-electron chi connectivity index (χ4n) is 2.06. The number of rotatable bonds is 1. The number of likely N-dealkylation sites (N-methyl/N-ethyl adjacent to an activating group) is 1. The summed E-state index contributed by atoms with van der Waals surface area (Å²) in [4.78, 5) is 25.2. The number of ether oxygens (including phenoxy) is 2. The highest BCUT2D eigenvalue weighted by Gasteiger charge is 2.30. The third kappa shape index (κ3) is 2.47. The molecule has 0 spiro atoms. The molecule has 1 aromatic rings. The van der Waals surface area contributed by atoms with Crippen LogP contribution in [0.15, 0.2) is 23.8 Å². The smallest absolute Gasteiger partial charge is 0.265 e. The minimum atomic E-state index is -0.502. The van der Waals surface area contributed by atoms with Crippen molar-refractivity contribution in [2.75, 3.05) is 20.3 Å². The van der Waals surface area contributed by atoms with Crippen molar-refractivity contribution in [1.82, 2.24) is 10.2 Å². The molecule has 0 bridgehead atoms. The van der Waals surface area contributed by atoms with Crippen LogP contribution >= 0.6 is 12.2 Å². The Morgan fingerprint density at radius 1 is 1.24 bits per heavy atom. The molecule has 0 aromatic heterocycles. The summed E-state index contributed by atoms with van der Waals surface area (Å²) in [5, 5.41) is 2.57. The Morgan fingerprint density at radius 2 is 1.95 bits per heavy atom. The molecule has 2 heterocycles. The molecule has 0 aliphatic carbocycles. The van der Waals surface area contributed by atoms with E-state index in [1.165, 1.54) is 18.0 Å². The number of benzene rings is 1. The number of carbonyl (C=O) groups excluding carboxylic acids is 2. The quantitative estimate of drug-likeness (QED) is 0.470. The number of nitrogens with zero attached hydrogens (tertiary/aromatic N) is 1. The van der Waals surface area contributed by atoms with Gasteiger partial charge >= 0.3 is 0 Å². The van der Waals surface area contributed by atoms with Crippen molar-refractivity contribution < 1.29 is 19.1 Å². The van der Waals surface area contributed by atoms with Gasteiger partial charge in [-0.3, -0.25) is 19.8 Å². The molecule has 2 amide bonds. The number of carbonyl (C=O) groups is 2. The molecule has 0 saturated carbocycles. The fourth-order valence-corrected chi connectivity index (χ4v) is 2.24. The number of thiocarbonyl (C=S) groups is 1. The minimum Gasteiger partial charge on any atom is -0.486 e. The van der Waals surface area contributed by atoms with Crippen LogP contribution in [0.5, 0.6) is 11.5 Å². The number of hydrogen-bond acceptors (Lipinski definition) is 5. The van der Waals surface area contributed by atoms with Crippen LogP contribution in [-0.4, -0.2) is 42.1 Å². The Labute approximate surface area is 126 Å². The lowest BCUT2D eigenvalue weighted by atomic mass is 10.1. The lowest BCUT2D eigenvalue weighted by Gasteiger charge is -2.25. The highest BCUT2D eigenvalue weighted by atomic mass is 32.1. The van der Waals surface area contributed by atoms with Crippen molar-refractivity contribution in [3.05, 3.63) is 29.3 Å². The van der Waals surface area contributed by atoms with Gasteiger partial charge in [-0.1, -0.05) is 6.07 Å². The lowest BCUT2D eigenvalue weighted by Crippen LogP contribution is -2.52. The normalized spacial score (nSPS) is 19.8. The van der Waals surface area contributed by atoms with E-state index in [1.807, 2.05) is 0 Å². The molecule has 21 heavy (non-hydrogen) atoms. The predicted octanol–water partition coefficient (Wildman–Crippen LogP) is 0.714. The molecule has 1 fully saturated rings. The summed E-state index contributed by atoms with van der Waals surface area (Å²) >= 11 is 4.89. The molecule has 2 aliphatic heterocycles. The van der Waals surface area contributed by atoms with E-state index in [2.05, 4.69) is 5.32 Å². The van der Waals surface area contributed by atoms with Crippen LogP contribution in [0.4, 0.5) is 0 Å². The van der Waals surface area contributed by atoms with Crippen molar-refractivity contribution in [3.8, 4) is 11.5 Å². The van der Waals surface area contributed by atoms with Gasteiger partial charge in [0.2, 0.25) is 0 Å². The maximum Gasteiger partial charge on any atom is 0.265 e. The third-order valence-corrected chi connectivity index (χ3v) is 3.56. The van der Waals surface area contributed by atoms with Crippen LogP contribution in [0.2, 0.25) is 0 Å². The van der Waals surface area contributed by atoms with Crippen molar-refractivity contribution >= 4 is 35.2 Å². The fraction of sp³-hybridized carbons (Fsp3) is 0.214. The molecule has 0 unspecified atom stereocenters. The summed E-state index contributed by atoms with van der Waals surface area (Å²) in [6.45, 7) is 0.986. The van der Waals surface area contributed by atoms with Gasteiger partial charge in [0, 0.05) is 7.05 Å². The van der Waals surface area contributed by atoms with Gasteiger partial charge in [0.1, 0.15) is 18.8 Å². The molecular formula is C14H12N2O4S. The number of amides is 2. The predicted molar refractivity (Wildman–Crippen MR) is 78.9 cm³/mol. The topological polar surface area (TPSA) is 67.9 Å². The lowest BCUT2D eigenvalue weighted by molar-refractivity contribution is -0.128. The average Bonchev–Trinajstić information content (AvgIpc) is 2.49. The average molecular weight is 304 g/mol. The second kappa shape index (κ2) is 5.17. The molecular weight excluding hydrogens is 292 g/mol. The zero-order valence-corrected chi connectivity index (χ0v) is 12.0. The van der Waals surface area contributed by atoms with Gasteiger partial charge in [-0.2, -0.15) is 0 Å². The van der Waals surface area contributed by atoms with Gasteiger partial charge in [-0.05, 0) is 36.0 Å². The Hall–Kier alpha value is -2.41. The van der Waals surface area contributed by atoms with Gasteiger partial charge < -0.3 is 9.47 Å². The standard InChI is InChI=1S/C14H12N2O4S/c1-16-13(18)9(12(17)15-14(16)21)6-8-2-3-10-11(7-8)20-5-4-19-10/h2-3,6-7H,4-5H2,1H3,(H,15,17,21)/b9-6+. The van der Waals surface area contributed by atoms with Crippen LogP contribution in [0, 0.1) is 0 Å². The van der Waals surface area contributed by atoms with Gasteiger partial charge in [-0.25, -0.2) is 0 Å². The molecule has 1 N–H and O–H groups in total. The molecule has 0 atom stereocenters. The summed E-state index contributed by atoms with van der Waals surface area (Å²) in [6.07, 6.45) is 1.51. The summed E-state index contributed by atoms with van der Waals surface area (Å²) < 4.78 is 10.9. The summed E-state index contributed by atoms with van der Waals surface area (Å²) in [7, 11) is 1.52. The monoisotopic (exact) mass is 304 g/mol. The van der Waals surface area contributed by atoms with E-state index >= 15 is 0 Å². The molecule has 2 aliphatic rings. The van der Waals surface area contributed by atoms with E-state index in [-0.39, 0.29) is 10.7 Å². The van der Waals surface area contributed by atoms with Crippen LogP contribution in [0.1, 0.15) is 5.56 Å². The molecule has 3 rings (SSSR count). The second-order valence-corrected chi connectivity index (χ2v) is 4.97. The van der Waals surface area contributed by atoms with E-state index in [0.29, 0.717) is 30.3 Å². The van der Waals surface area contributed by atoms with Crippen molar-refractivity contribution in [2.45, 2.75) is 0 Å². The van der Waals surface area contributed by atoms with Gasteiger partial charge in [-0.15, -0.1) is 0 Å². The highest BCUT2D eigenvalue weighted by Crippen LogP contribution is 2.31. The first-order valence-corrected chi connectivity index (χ1v) is 6.72. The summed E-state index contributed by atoms with van der Waals surface area (Å²) in [5.41, 5.74) is 0.710. The van der Waals surface area contributed by atoms with Crippen LogP contribution in [0.25, 0.3) is 6.08 Å². The van der Waals surface area contributed by atoms with Crippen LogP contribution in [-0.2, 0) is 9.59 Å². The van der Waals surface area contributed by atoms with E-state index < -0.39 is 11.8 Å². The Balaban J connectivity index is 1.95. The van der Waals surface area contributed by atoms with E-state index in [1.54, 1.807) is 18.2 Å². The summed E-state index contributed by atoms with van der Waals surface area (Å²) in [5.74, 6) is 0.320. The SMILES string of the molecule is CN1C(=O)/C(=C/c2ccc3c(c2)OCCO3)C(=O)NC1=S. The van der Waals surface area contributed by atoms with Crippen molar-refractivity contribution in [3.63, 3.8) is 0 Å². The number of fused-ring (bicyclic) bond motifs is 1. The molecule has 7 heteroatoms. The zero-order valence-electron chi connectivity index (χ0n) is 11.2. The number of nitrogens with one attached hydrogen (secondary N) is 1. The van der Waals surface area contributed by atoms with Gasteiger partial charge in [0.25, 0.3) is 11.8 Å². The molecule has 1 aromatic carbocycles. The molecule has 0 radical (unpaired) electrons. The Kier molecular flexibility index (Phi) is 3.34. The van der Waals surface area contributed by atoms with E-state index in [0.717, 1.165) is 0 Å². The van der Waals surface area contributed by atoms with Crippen molar-refractivity contribution in [1.29, 1.82) is 0 Å². The van der Waals surface area contributed by atoms with Crippen molar-refractivity contribution in [2.24, 2.45) is 0 Å². The van der Waals surface area contributed by atoms with E-state index in [9.17, 15) is 9.59 Å². The Morgan fingerprint density at radius 3 is 2.71 bits per heavy atom. The number of hydrogen-bond donors (Lipinski definition) is 1. The highest BCUT2D eigenvalue weighted by molar-refractivity contribution is 7.80. The largest absolute Gasteiger partial charge is 0.486 e. The molecule has 6 nitrogen and oxygen atoms in total. The maximum atomic E-state index is 12.1. The minimum absolute atomic E-state index is 0.0303. The summed E-state index contributed by atoms with van der Waals surface area (Å²) in [6, 6.07) is 5.24.